The monoisotopic (exact) mass is 516 g/mol. The molecular weight excluding hydrogens is 490 g/mol. The van der Waals surface area contributed by atoms with Crippen LogP contribution in [0.3, 0.4) is 0 Å². The predicted octanol–water partition coefficient (Wildman–Crippen LogP) is 6.50. The van der Waals surface area contributed by atoms with Crippen LogP contribution in [0.2, 0.25) is 0 Å². The maximum Gasteiger partial charge on any atom is 0.416 e. The number of hydrogen-bond acceptors (Lipinski definition) is 3. The van der Waals surface area contributed by atoms with Gasteiger partial charge in [-0.1, -0.05) is 6.92 Å². The molecule has 0 aromatic heterocycles. The number of nitrogens with zero attached hydrogens (tertiary/aromatic N) is 1. The van der Waals surface area contributed by atoms with Crippen molar-refractivity contribution in [2.75, 3.05) is 35.2 Å². The molecular formula is C24H26F6N4O2. The molecule has 1 aliphatic heterocycles. The van der Waals surface area contributed by atoms with Crippen LogP contribution in [0, 0.1) is 0 Å². The Morgan fingerprint density at radius 3 is 1.97 bits per heavy atom. The second-order valence-corrected chi connectivity index (χ2v) is 8.41. The molecule has 3 amide bonds. The number of benzene rings is 2. The average Bonchev–Trinajstić information content (AvgIpc) is 2.81. The minimum Gasteiger partial charge on any atom is -0.371 e. The fraction of sp³-hybridized carbons (Fsp3) is 0.417. The molecule has 1 heterocycles. The van der Waals surface area contributed by atoms with Crippen molar-refractivity contribution in [1.29, 1.82) is 0 Å². The second-order valence-electron chi connectivity index (χ2n) is 8.41. The van der Waals surface area contributed by atoms with Crippen LogP contribution in [-0.4, -0.2) is 31.6 Å². The molecule has 0 saturated carbocycles. The molecule has 1 fully saturated rings. The predicted molar refractivity (Wildman–Crippen MR) is 124 cm³/mol. The Morgan fingerprint density at radius 1 is 0.833 bits per heavy atom. The Hall–Kier alpha value is -3.44. The summed E-state index contributed by atoms with van der Waals surface area (Å²) in [5.41, 5.74) is -2.64. The Morgan fingerprint density at radius 2 is 1.42 bits per heavy atom. The van der Waals surface area contributed by atoms with Gasteiger partial charge in [-0.05, 0) is 62.1 Å². The van der Waals surface area contributed by atoms with Crippen LogP contribution in [-0.2, 0) is 12.4 Å². The molecule has 1 saturated heterocycles. The molecule has 1 aliphatic rings. The van der Waals surface area contributed by atoms with E-state index in [1.54, 1.807) is 6.07 Å². The first kappa shape index (κ1) is 27.2. The summed E-state index contributed by atoms with van der Waals surface area (Å²) in [4.78, 5) is 27.3. The van der Waals surface area contributed by atoms with Crippen LogP contribution >= 0.6 is 0 Å². The zero-order chi connectivity index (χ0) is 26.5. The van der Waals surface area contributed by atoms with Gasteiger partial charge in [0, 0.05) is 36.7 Å². The Labute approximate surface area is 204 Å². The van der Waals surface area contributed by atoms with Gasteiger partial charge in [-0.15, -0.1) is 0 Å². The minimum absolute atomic E-state index is 0.0242. The zero-order valence-corrected chi connectivity index (χ0v) is 19.4. The van der Waals surface area contributed by atoms with Crippen LogP contribution in [0.5, 0.6) is 0 Å². The van der Waals surface area contributed by atoms with Gasteiger partial charge >= 0.3 is 18.4 Å². The largest absolute Gasteiger partial charge is 0.416 e. The normalized spacial score (nSPS) is 14.4. The first-order valence-electron chi connectivity index (χ1n) is 11.4. The second kappa shape index (κ2) is 11.1. The van der Waals surface area contributed by atoms with E-state index in [9.17, 15) is 35.9 Å². The number of piperidine rings is 1. The van der Waals surface area contributed by atoms with Crippen molar-refractivity contribution >= 4 is 29.0 Å². The lowest BCUT2D eigenvalue weighted by molar-refractivity contribution is -0.143. The van der Waals surface area contributed by atoms with E-state index in [-0.39, 0.29) is 17.7 Å². The van der Waals surface area contributed by atoms with Crippen molar-refractivity contribution in [2.24, 2.45) is 0 Å². The highest BCUT2D eigenvalue weighted by Gasteiger charge is 2.37. The Balaban J connectivity index is 1.84. The molecule has 3 rings (SSSR count). The molecule has 196 valence electrons. The van der Waals surface area contributed by atoms with E-state index >= 15 is 0 Å². The lowest BCUT2D eigenvalue weighted by Gasteiger charge is -2.30. The third-order valence-corrected chi connectivity index (χ3v) is 5.58. The number of nitrogens with one attached hydrogen (secondary N) is 3. The van der Waals surface area contributed by atoms with Gasteiger partial charge in [-0.3, -0.25) is 4.79 Å². The van der Waals surface area contributed by atoms with Crippen molar-refractivity contribution < 1.29 is 35.9 Å². The summed E-state index contributed by atoms with van der Waals surface area (Å²) in [5, 5.41) is 7.17. The SMILES string of the molecule is CCCNC(=O)c1cc(NC(=O)Nc2cc(C(F)(F)F)cc(C(F)(F)F)c2)ccc1N1CCCCC1. The van der Waals surface area contributed by atoms with Crippen LogP contribution in [0.15, 0.2) is 36.4 Å². The zero-order valence-electron chi connectivity index (χ0n) is 19.4. The summed E-state index contributed by atoms with van der Waals surface area (Å²) in [6, 6.07) is 4.36. The molecule has 36 heavy (non-hydrogen) atoms. The van der Waals surface area contributed by atoms with Gasteiger partial charge in [-0.25, -0.2) is 4.79 Å². The molecule has 2 aromatic rings. The average molecular weight is 516 g/mol. The van der Waals surface area contributed by atoms with Gasteiger partial charge in [0.1, 0.15) is 0 Å². The third kappa shape index (κ3) is 7.05. The van der Waals surface area contributed by atoms with Crippen LogP contribution in [0.1, 0.15) is 54.1 Å². The molecule has 0 spiro atoms. The lowest BCUT2D eigenvalue weighted by atomic mass is 10.1. The minimum atomic E-state index is -5.04. The first-order valence-corrected chi connectivity index (χ1v) is 11.4. The number of carbonyl (C=O) groups excluding carboxylic acids is 2. The van der Waals surface area contributed by atoms with Gasteiger partial charge in [-0.2, -0.15) is 26.3 Å². The van der Waals surface area contributed by atoms with Gasteiger partial charge in [0.15, 0.2) is 0 Å². The highest BCUT2D eigenvalue weighted by atomic mass is 19.4. The number of alkyl halides is 6. The molecule has 12 heteroatoms. The summed E-state index contributed by atoms with van der Waals surface area (Å²) >= 11 is 0. The number of hydrogen-bond donors (Lipinski definition) is 3. The van der Waals surface area contributed by atoms with Gasteiger partial charge < -0.3 is 20.9 Å². The number of halogens is 6. The number of anilines is 3. The molecule has 0 radical (unpaired) electrons. The Bertz CT molecular complexity index is 1060. The molecule has 0 bridgehead atoms. The summed E-state index contributed by atoms with van der Waals surface area (Å²) in [6.07, 6.45) is -6.36. The van der Waals surface area contributed by atoms with Crippen LogP contribution < -0.4 is 20.9 Å². The van der Waals surface area contributed by atoms with Gasteiger partial charge in [0.2, 0.25) is 0 Å². The number of urea groups is 1. The highest BCUT2D eigenvalue weighted by Crippen LogP contribution is 2.37. The Kier molecular flexibility index (Phi) is 8.36. The van der Waals surface area contributed by atoms with E-state index in [2.05, 4.69) is 15.5 Å². The number of amides is 3. The first-order chi connectivity index (χ1) is 16.9. The van der Waals surface area contributed by atoms with Crippen molar-refractivity contribution in [3.8, 4) is 0 Å². The van der Waals surface area contributed by atoms with Crippen molar-refractivity contribution in [1.82, 2.24) is 5.32 Å². The molecule has 6 nitrogen and oxygen atoms in total. The number of rotatable bonds is 6. The van der Waals surface area contributed by atoms with Crippen molar-refractivity contribution in [2.45, 2.75) is 45.0 Å². The van der Waals surface area contributed by atoms with Gasteiger partial charge in [0.25, 0.3) is 5.91 Å². The third-order valence-electron chi connectivity index (χ3n) is 5.58. The van der Waals surface area contributed by atoms with E-state index in [4.69, 9.17) is 0 Å². The van der Waals surface area contributed by atoms with E-state index in [1.807, 2.05) is 12.2 Å². The van der Waals surface area contributed by atoms with Crippen molar-refractivity contribution in [3.05, 3.63) is 53.1 Å². The summed E-state index contributed by atoms with van der Waals surface area (Å²) in [7, 11) is 0. The van der Waals surface area contributed by atoms with Crippen LogP contribution in [0.4, 0.5) is 48.2 Å². The molecule has 3 N–H and O–H groups in total. The molecule has 0 atom stereocenters. The van der Waals surface area contributed by atoms with Crippen LogP contribution in [0.25, 0.3) is 0 Å². The van der Waals surface area contributed by atoms with Crippen molar-refractivity contribution in [3.63, 3.8) is 0 Å². The molecule has 0 aliphatic carbocycles. The van der Waals surface area contributed by atoms with E-state index < -0.39 is 35.2 Å². The summed E-state index contributed by atoms with van der Waals surface area (Å²) in [5.74, 6) is -0.353. The fourth-order valence-electron chi connectivity index (χ4n) is 3.86. The van der Waals surface area contributed by atoms with E-state index in [0.717, 1.165) is 32.4 Å². The quantitative estimate of drug-likeness (QED) is 0.384. The highest BCUT2D eigenvalue weighted by molar-refractivity contribution is 6.04. The van der Waals surface area contributed by atoms with Gasteiger partial charge in [0.05, 0.1) is 16.7 Å². The maximum absolute atomic E-state index is 13.1. The maximum atomic E-state index is 13.1. The lowest BCUT2D eigenvalue weighted by Crippen LogP contribution is -2.33. The van der Waals surface area contributed by atoms with E-state index in [1.165, 1.54) is 12.1 Å². The topological polar surface area (TPSA) is 73.5 Å². The summed E-state index contributed by atoms with van der Waals surface area (Å²) in [6.45, 7) is 3.86. The smallest absolute Gasteiger partial charge is 0.371 e. The molecule has 2 aromatic carbocycles. The van der Waals surface area contributed by atoms with E-state index in [0.29, 0.717) is 36.3 Å². The number of carbonyl (C=O) groups is 2. The standard InChI is InChI=1S/C24H26F6N4O2/c1-2-8-31-21(35)19-14-17(6-7-20(19)34-9-4-3-5-10-34)32-22(36)33-18-12-15(23(25,26)27)11-16(13-18)24(28,29)30/h6-7,11-14H,2-5,8-10H2,1H3,(H,31,35)(H2,32,33,36). The summed E-state index contributed by atoms with van der Waals surface area (Å²) < 4.78 is 78.5. The molecule has 0 unspecified atom stereocenters. The fourth-order valence-corrected chi connectivity index (χ4v) is 3.86.